The first-order chi connectivity index (χ1) is 6.65. The number of hydrogen-bond acceptors (Lipinski definition) is 2. The van der Waals surface area contributed by atoms with Gasteiger partial charge in [0.15, 0.2) is 0 Å². The molecule has 0 heterocycles. The van der Waals surface area contributed by atoms with Crippen LogP contribution >= 0.6 is 11.6 Å². The van der Waals surface area contributed by atoms with Gasteiger partial charge in [0.25, 0.3) is 0 Å². The highest BCUT2D eigenvalue weighted by molar-refractivity contribution is 6.33. The minimum atomic E-state index is -0.868. The molecule has 0 aliphatic heterocycles. The van der Waals surface area contributed by atoms with Crippen LogP contribution in [0.3, 0.4) is 0 Å². The zero-order valence-electron chi connectivity index (χ0n) is 7.83. The molecular formula is C10H12ClNO2. The SMILES string of the molecule is CC[C@H](Nc1ccccc1Cl)C(=O)O. The quantitative estimate of drug-likeness (QED) is 0.809. The fraction of sp³-hybridized carbons (Fsp3) is 0.300. The molecule has 0 aliphatic carbocycles. The van der Waals surface area contributed by atoms with Crippen LogP contribution in [0.5, 0.6) is 0 Å². The summed E-state index contributed by atoms with van der Waals surface area (Å²) >= 11 is 5.87. The first kappa shape index (κ1) is 10.9. The number of halogens is 1. The lowest BCUT2D eigenvalue weighted by atomic mass is 10.2. The molecule has 0 saturated heterocycles. The van der Waals surface area contributed by atoms with Crippen molar-refractivity contribution in [3.05, 3.63) is 29.3 Å². The maximum atomic E-state index is 10.7. The predicted octanol–water partition coefficient (Wildman–Crippen LogP) is 2.62. The highest BCUT2D eigenvalue weighted by Crippen LogP contribution is 2.21. The molecule has 3 nitrogen and oxygen atoms in total. The van der Waals surface area contributed by atoms with Crippen LogP contribution < -0.4 is 5.32 Å². The van der Waals surface area contributed by atoms with Crippen molar-refractivity contribution in [1.29, 1.82) is 0 Å². The minimum absolute atomic E-state index is 0.514. The number of aliphatic carboxylic acids is 1. The van der Waals surface area contributed by atoms with Crippen LogP contribution in [0.25, 0.3) is 0 Å². The van der Waals surface area contributed by atoms with Crippen molar-refractivity contribution in [2.24, 2.45) is 0 Å². The first-order valence-corrected chi connectivity index (χ1v) is 4.76. The largest absolute Gasteiger partial charge is 0.480 e. The van der Waals surface area contributed by atoms with Crippen LogP contribution in [-0.2, 0) is 4.79 Å². The van der Waals surface area contributed by atoms with E-state index < -0.39 is 12.0 Å². The standard InChI is InChI=1S/C10H12ClNO2/c1-2-8(10(13)14)12-9-6-4-3-5-7(9)11/h3-6,8,12H,2H2,1H3,(H,13,14)/t8-/m0/s1. The third kappa shape index (κ3) is 2.64. The number of carbonyl (C=O) groups is 1. The molecule has 0 aromatic heterocycles. The molecule has 0 radical (unpaired) electrons. The van der Waals surface area contributed by atoms with E-state index in [1.165, 1.54) is 0 Å². The van der Waals surface area contributed by atoms with Crippen LogP contribution in [0, 0.1) is 0 Å². The van der Waals surface area contributed by atoms with E-state index in [9.17, 15) is 4.79 Å². The molecule has 0 amide bonds. The Morgan fingerprint density at radius 1 is 1.57 bits per heavy atom. The molecule has 2 N–H and O–H groups in total. The summed E-state index contributed by atoms with van der Waals surface area (Å²) in [6, 6.07) is 6.50. The molecule has 0 spiro atoms. The molecule has 1 aromatic rings. The Morgan fingerprint density at radius 2 is 2.21 bits per heavy atom. The Labute approximate surface area is 87.7 Å². The molecular weight excluding hydrogens is 202 g/mol. The van der Waals surface area contributed by atoms with Gasteiger partial charge in [0.2, 0.25) is 0 Å². The van der Waals surface area contributed by atoms with Gasteiger partial charge in [-0.2, -0.15) is 0 Å². The number of benzene rings is 1. The summed E-state index contributed by atoms with van der Waals surface area (Å²) < 4.78 is 0. The number of nitrogens with one attached hydrogen (secondary N) is 1. The van der Waals surface area contributed by atoms with Crippen LogP contribution in [-0.4, -0.2) is 17.1 Å². The fourth-order valence-electron chi connectivity index (χ4n) is 1.10. The monoisotopic (exact) mass is 213 g/mol. The molecule has 76 valence electrons. The third-order valence-electron chi connectivity index (χ3n) is 1.91. The Bertz CT molecular complexity index is 328. The zero-order chi connectivity index (χ0) is 10.6. The van der Waals surface area contributed by atoms with Gasteiger partial charge in [-0.05, 0) is 18.6 Å². The lowest BCUT2D eigenvalue weighted by Gasteiger charge is -2.14. The second-order valence-electron chi connectivity index (χ2n) is 2.92. The van der Waals surface area contributed by atoms with E-state index >= 15 is 0 Å². The summed E-state index contributed by atoms with van der Waals surface area (Å²) in [6.07, 6.45) is 0.514. The van der Waals surface area contributed by atoms with Gasteiger partial charge in [-0.3, -0.25) is 0 Å². The molecule has 1 atom stereocenters. The molecule has 0 aliphatic rings. The molecule has 0 bridgehead atoms. The first-order valence-electron chi connectivity index (χ1n) is 4.39. The number of para-hydroxylation sites is 1. The van der Waals surface area contributed by atoms with E-state index in [2.05, 4.69) is 5.32 Å². The van der Waals surface area contributed by atoms with Gasteiger partial charge in [-0.15, -0.1) is 0 Å². The Kier molecular flexibility index (Phi) is 3.77. The van der Waals surface area contributed by atoms with Crippen LogP contribution in [0.15, 0.2) is 24.3 Å². The van der Waals surface area contributed by atoms with Gasteiger partial charge in [0.1, 0.15) is 6.04 Å². The number of rotatable bonds is 4. The number of carboxylic acid groups (broad SMARTS) is 1. The van der Waals surface area contributed by atoms with Crippen molar-refractivity contribution in [1.82, 2.24) is 0 Å². The summed E-state index contributed by atoms with van der Waals surface area (Å²) in [7, 11) is 0. The third-order valence-corrected chi connectivity index (χ3v) is 2.24. The van der Waals surface area contributed by atoms with Crippen molar-refractivity contribution in [3.63, 3.8) is 0 Å². The van der Waals surface area contributed by atoms with E-state index in [1.807, 2.05) is 13.0 Å². The zero-order valence-corrected chi connectivity index (χ0v) is 8.58. The maximum Gasteiger partial charge on any atom is 0.326 e. The molecule has 4 heteroatoms. The fourth-order valence-corrected chi connectivity index (χ4v) is 1.29. The predicted molar refractivity (Wildman–Crippen MR) is 56.8 cm³/mol. The van der Waals surface area contributed by atoms with Crippen molar-refractivity contribution in [2.45, 2.75) is 19.4 Å². The van der Waals surface area contributed by atoms with Gasteiger partial charge < -0.3 is 10.4 Å². The van der Waals surface area contributed by atoms with Crippen LogP contribution in [0.1, 0.15) is 13.3 Å². The van der Waals surface area contributed by atoms with Crippen LogP contribution in [0.2, 0.25) is 5.02 Å². The van der Waals surface area contributed by atoms with Crippen molar-refractivity contribution >= 4 is 23.3 Å². The lowest BCUT2D eigenvalue weighted by molar-refractivity contribution is -0.137. The topological polar surface area (TPSA) is 49.3 Å². The number of hydrogen-bond donors (Lipinski definition) is 2. The Balaban J connectivity index is 2.77. The van der Waals surface area contributed by atoms with Gasteiger partial charge in [-0.1, -0.05) is 30.7 Å². The van der Waals surface area contributed by atoms with Gasteiger partial charge in [-0.25, -0.2) is 4.79 Å². The molecule has 0 unspecified atom stereocenters. The highest BCUT2D eigenvalue weighted by Gasteiger charge is 2.14. The normalized spacial score (nSPS) is 12.1. The second kappa shape index (κ2) is 4.86. The van der Waals surface area contributed by atoms with Gasteiger partial charge >= 0.3 is 5.97 Å². The summed E-state index contributed by atoms with van der Waals surface area (Å²) in [5, 5.41) is 12.2. The van der Waals surface area contributed by atoms with E-state index in [-0.39, 0.29) is 0 Å². The van der Waals surface area contributed by atoms with Crippen molar-refractivity contribution < 1.29 is 9.90 Å². The Morgan fingerprint density at radius 3 is 2.71 bits per heavy atom. The van der Waals surface area contributed by atoms with E-state index in [0.29, 0.717) is 17.1 Å². The Hall–Kier alpha value is -1.22. The average molecular weight is 214 g/mol. The summed E-state index contributed by atoms with van der Waals surface area (Å²) in [4.78, 5) is 10.7. The average Bonchev–Trinajstić information content (AvgIpc) is 2.16. The highest BCUT2D eigenvalue weighted by atomic mass is 35.5. The maximum absolute atomic E-state index is 10.7. The van der Waals surface area contributed by atoms with E-state index in [4.69, 9.17) is 16.7 Å². The summed E-state index contributed by atoms with van der Waals surface area (Å²) in [5.41, 5.74) is 0.656. The van der Waals surface area contributed by atoms with E-state index in [1.54, 1.807) is 18.2 Å². The smallest absolute Gasteiger partial charge is 0.326 e. The van der Waals surface area contributed by atoms with Crippen molar-refractivity contribution in [3.8, 4) is 0 Å². The minimum Gasteiger partial charge on any atom is -0.480 e. The molecule has 0 saturated carbocycles. The van der Waals surface area contributed by atoms with Crippen molar-refractivity contribution in [2.75, 3.05) is 5.32 Å². The van der Waals surface area contributed by atoms with Gasteiger partial charge in [0, 0.05) is 0 Å². The molecule has 0 fully saturated rings. The molecule has 14 heavy (non-hydrogen) atoms. The molecule has 1 aromatic carbocycles. The summed E-state index contributed by atoms with van der Waals surface area (Å²) in [5.74, 6) is -0.868. The number of carboxylic acids is 1. The van der Waals surface area contributed by atoms with Crippen LogP contribution in [0.4, 0.5) is 5.69 Å². The second-order valence-corrected chi connectivity index (χ2v) is 3.33. The van der Waals surface area contributed by atoms with E-state index in [0.717, 1.165) is 0 Å². The van der Waals surface area contributed by atoms with Gasteiger partial charge in [0.05, 0.1) is 10.7 Å². The summed E-state index contributed by atoms with van der Waals surface area (Å²) in [6.45, 7) is 1.81. The lowest BCUT2D eigenvalue weighted by Crippen LogP contribution is -2.28. The molecule has 1 rings (SSSR count). The number of anilines is 1.